The van der Waals surface area contributed by atoms with Gasteiger partial charge in [0.05, 0.1) is 16.7 Å². The number of anilines is 1. The van der Waals surface area contributed by atoms with Crippen molar-refractivity contribution in [2.24, 2.45) is 23.7 Å². The molecule has 1 amide bonds. The van der Waals surface area contributed by atoms with Crippen molar-refractivity contribution in [1.29, 1.82) is 0 Å². The lowest BCUT2D eigenvalue weighted by atomic mass is 9.79. The predicted molar refractivity (Wildman–Crippen MR) is 71.9 cm³/mol. The van der Waals surface area contributed by atoms with Gasteiger partial charge in [-0.05, 0) is 12.3 Å². The number of rotatable bonds is 2. The van der Waals surface area contributed by atoms with Crippen molar-refractivity contribution >= 4 is 44.3 Å². The summed E-state index contributed by atoms with van der Waals surface area (Å²) >= 11 is 4.97. The number of nitrogens with one attached hydrogen (secondary N) is 1. The minimum absolute atomic E-state index is 0.0357. The smallest absolute Gasteiger partial charge is 0.310 e. The van der Waals surface area contributed by atoms with Gasteiger partial charge in [0.1, 0.15) is 6.10 Å². The third-order valence-corrected chi connectivity index (χ3v) is 6.38. The first-order valence-electron chi connectivity index (χ1n) is 6.22. The number of nitrogens with zero attached hydrogens (tertiary/aromatic N) is 1. The molecule has 4 rings (SSSR count). The molecule has 6 atom stereocenters. The molecule has 5 nitrogen and oxygen atoms in total. The van der Waals surface area contributed by atoms with Gasteiger partial charge in [-0.3, -0.25) is 9.59 Å². The van der Waals surface area contributed by atoms with Gasteiger partial charge < -0.3 is 10.1 Å². The Kier molecular flexibility index (Phi) is 2.51. The normalized spacial score (nSPS) is 42.5. The fourth-order valence-corrected chi connectivity index (χ4v) is 5.38. The number of amides is 1. The van der Waals surface area contributed by atoms with E-state index >= 15 is 0 Å². The summed E-state index contributed by atoms with van der Waals surface area (Å²) in [6.45, 7) is 0. The Morgan fingerprint density at radius 3 is 3.11 bits per heavy atom. The number of carbonyl (C=O) groups is 2. The van der Waals surface area contributed by atoms with Crippen LogP contribution in [0.5, 0.6) is 0 Å². The Labute approximate surface area is 121 Å². The molecular weight excluding hydrogens is 332 g/mol. The standard InChI is InChI=1S/C12H11BrN2O3S/c13-8-4-3-5-7(11(17)18-9(5)8)6(4)10(16)15-12-14-1-2-19-12/h1-2,4-9H,3H2,(H,14,15,16). The van der Waals surface area contributed by atoms with Gasteiger partial charge in [0.25, 0.3) is 0 Å². The molecule has 1 aromatic heterocycles. The molecule has 2 bridgehead atoms. The van der Waals surface area contributed by atoms with Crippen molar-refractivity contribution in [2.75, 3.05) is 5.32 Å². The second-order valence-corrected chi connectivity index (χ2v) is 7.24. The quantitative estimate of drug-likeness (QED) is 0.655. The highest BCUT2D eigenvalue weighted by Crippen LogP contribution is 2.60. The predicted octanol–water partition coefficient (Wildman–Crippen LogP) is 1.65. The van der Waals surface area contributed by atoms with Crippen LogP contribution < -0.4 is 5.32 Å². The van der Waals surface area contributed by atoms with Crippen molar-refractivity contribution in [1.82, 2.24) is 4.98 Å². The lowest BCUT2D eigenvalue weighted by molar-refractivity contribution is -0.145. The molecule has 100 valence electrons. The number of aromatic nitrogens is 1. The van der Waals surface area contributed by atoms with E-state index in [-0.39, 0.29) is 46.5 Å². The third-order valence-electron chi connectivity index (χ3n) is 4.49. The van der Waals surface area contributed by atoms with Crippen LogP contribution in [0.1, 0.15) is 6.42 Å². The van der Waals surface area contributed by atoms with E-state index in [4.69, 9.17) is 4.74 Å². The second kappa shape index (κ2) is 4.02. The number of thiazole rings is 1. The maximum absolute atomic E-state index is 12.4. The summed E-state index contributed by atoms with van der Waals surface area (Å²) in [5, 5.41) is 5.21. The fourth-order valence-electron chi connectivity index (χ4n) is 3.80. The van der Waals surface area contributed by atoms with Gasteiger partial charge in [0.15, 0.2) is 5.13 Å². The molecule has 1 N–H and O–H groups in total. The lowest BCUT2D eigenvalue weighted by Gasteiger charge is -2.27. The van der Waals surface area contributed by atoms with Gasteiger partial charge in [-0.2, -0.15) is 0 Å². The van der Waals surface area contributed by atoms with Crippen LogP contribution >= 0.6 is 27.3 Å². The fraction of sp³-hybridized carbons (Fsp3) is 0.583. The van der Waals surface area contributed by atoms with E-state index in [0.717, 1.165) is 6.42 Å². The molecule has 0 radical (unpaired) electrons. The largest absolute Gasteiger partial charge is 0.461 e. The van der Waals surface area contributed by atoms with Crippen molar-refractivity contribution in [3.63, 3.8) is 0 Å². The Morgan fingerprint density at radius 1 is 1.53 bits per heavy atom. The van der Waals surface area contributed by atoms with Crippen molar-refractivity contribution in [2.45, 2.75) is 17.4 Å². The van der Waals surface area contributed by atoms with Gasteiger partial charge in [-0.25, -0.2) is 4.98 Å². The van der Waals surface area contributed by atoms with E-state index in [1.165, 1.54) is 11.3 Å². The summed E-state index contributed by atoms with van der Waals surface area (Å²) in [5.74, 6) is -0.471. The first-order chi connectivity index (χ1) is 9.16. The molecule has 0 aromatic carbocycles. The van der Waals surface area contributed by atoms with Crippen LogP contribution in [0.4, 0.5) is 5.13 Å². The molecule has 3 fully saturated rings. The van der Waals surface area contributed by atoms with Crippen LogP contribution in [0.25, 0.3) is 0 Å². The molecule has 1 aliphatic heterocycles. The minimum Gasteiger partial charge on any atom is -0.461 e. The maximum Gasteiger partial charge on any atom is 0.310 e. The molecule has 3 aliphatic rings. The summed E-state index contributed by atoms with van der Waals surface area (Å²) in [6, 6.07) is 0. The van der Waals surface area contributed by atoms with Gasteiger partial charge in [0, 0.05) is 17.5 Å². The van der Waals surface area contributed by atoms with E-state index < -0.39 is 0 Å². The number of halogens is 1. The molecule has 2 aliphatic carbocycles. The zero-order chi connectivity index (χ0) is 13.1. The first kappa shape index (κ1) is 11.8. The molecule has 1 saturated heterocycles. The Morgan fingerprint density at radius 2 is 2.37 bits per heavy atom. The molecule has 2 saturated carbocycles. The summed E-state index contributed by atoms with van der Waals surface area (Å²) in [4.78, 5) is 28.5. The molecule has 7 heteroatoms. The average Bonchev–Trinajstić information content (AvgIpc) is 3.07. The monoisotopic (exact) mass is 342 g/mol. The summed E-state index contributed by atoms with van der Waals surface area (Å²) < 4.78 is 5.39. The Balaban J connectivity index is 1.61. The summed E-state index contributed by atoms with van der Waals surface area (Å²) in [6.07, 6.45) is 2.51. The van der Waals surface area contributed by atoms with Gasteiger partial charge in [-0.1, -0.05) is 15.9 Å². The van der Waals surface area contributed by atoms with Gasteiger partial charge in [-0.15, -0.1) is 11.3 Å². The number of hydrogen-bond acceptors (Lipinski definition) is 5. The number of esters is 1. The molecule has 19 heavy (non-hydrogen) atoms. The zero-order valence-corrected chi connectivity index (χ0v) is 12.2. The highest BCUT2D eigenvalue weighted by atomic mass is 79.9. The van der Waals surface area contributed by atoms with Gasteiger partial charge >= 0.3 is 5.97 Å². The number of ether oxygens (including phenoxy) is 1. The van der Waals surface area contributed by atoms with Crippen LogP contribution in [0.15, 0.2) is 11.6 Å². The summed E-state index contributed by atoms with van der Waals surface area (Å²) in [7, 11) is 0. The van der Waals surface area contributed by atoms with Crippen molar-refractivity contribution in [3.05, 3.63) is 11.6 Å². The van der Waals surface area contributed by atoms with E-state index in [1.807, 2.05) is 5.38 Å². The Hall–Kier alpha value is -0.950. The maximum atomic E-state index is 12.4. The number of carbonyl (C=O) groups excluding carboxylic acids is 2. The van der Waals surface area contributed by atoms with E-state index in [2.05, 4.69) is 26.2 Å². The second-order valence-electron chi connectivity index (χ2n) is 5.29. The van der Waals surface area contributed by atoms with Crippen LogP contribution in [0, 0.1) is 23.7 Å². The zero-order valence-electron chi connectivity index (χ0n) is 9.78. The van der Waals surface area contributed by atoms with Crippen molar-refractivity contribution < 1.29 is 14.3 Å². The molecular formula is C12H11BrN2O3S. The van der Waals surface area contributed by atoms with E-state index in [1.54, 1.807) is 6.20 Å². The summed E-state index contributed by atoms with van der Waals surface area (Å²) in [5.41, 5.74) is 0. The molecule has 1 aromatic rings. The topological polar surface area (TPSA) is 68.3 Å². The number of hydrogen-bond donors (Lipinski definition) is 1. The number of alkyl halides is 1. The highest BCUT2D eigenvalue weighted by molar-refractivity contribution is 9.09. The Bertz CT molecular complexity index is 549. The molecule has 2 heterocycles. The van der Waals surface area contributed by atoms with Gasteiger partial charge in [0.2, 0.25) is 5.91 Å². The van der Waals surface area contributed by atoms with E-state index in [9.17, 15) is 9.59 Å². The molecule has 6 unspecified atom stereocenters. The SMILES string of the molecule is O=C(Nc1nccs1)C1C2CC3C(OC(=O)C31)C2Br. The van der Waals surface area contributed by atoms with Crippen LogP contribution in [0.3, 0.4) is 0 Å². The van der Waals surface area contributed by atoms with Crippen LogP contribution in [-0.4, -0.2) is 27.8 Å². The van der Waals surface area contributed by atoms with Crippen LogP contribution in [-0.2, 0) is 14.3 Å². The third kappa shape index (κ3) is 1.54. The average molecular weight is 343 g/mol. The highest BCUT2D eigenvalue weighted by Gasteiger charge is 2.67. The van der Waals surface area contributed by atoms with Crippen molar-refractivity contribution in [3.8, 4) is 0 Å². The van der Waals surface area contributed by atoms with Crippen LogP contribution in [0.2, 0.25) is 0 Å². The number of fused-ring (bicyclic) bond motifs is 1. The first-order valence-corrected chi connectivity index (χ1v) is 8.01. The van der Waals surface area contributed by atoms with E-state index in [0.29, 0.717) is 5.13 Å². The molecule has 0 spiro atoms. The minimum atomic E-state index is -0.287. The lowest BCUT2D eigenvalue weighted by Crippen LogP contribution is -2.40.